The Kier molecular flexibility index (Phi) is 7.36. The van der Waals surface area contributed by atoms with Crippen LogP contribution in [0.1, 0.15) is 26.7 Å². The quantitative estimate of drug-likeness (QED) is 0.388. The maximum absolute atomic E-state index is 12.0. The summed E-state index contributed by atoms with van der Waals surface area (Å²) in [6.07, 6.45) is 1.53. The summed E-state index contributed by atoms with van der Waals surface area (Å²) >= 11 is 5.74. The van der Waals surface area contributed by atoms with Gasteiger partial charge in [0.2, 0.25) is 0 Å². The van der Waals surface area contributed by atoms with E-state index in [1.807, 2.05) is 0 Å². The van der Waals surface area contributed by atoms with Gasteiger partial charge in [-0.25, -0.2) is 0 Å². The van der Waals surface area contributed by atoms with Gasteiger partial charge in [0.15, 0.2) is 5.41 Å². The van der Waals surface area contributed by atoms with Crippen molar-refractivity contribution < 1.29 is 19.1 Å². The molecule has 102 valence electrons. The van der Waals surface area contributed by atoms with Gasteiger partial charge >= 0.3 is 11.9 Å². The molecule has 0 fully saturated rings. The lowest BCUT2D eigenvalue weighted by molar-refractivity contribution is -0.171. The number of carbonyl (C=O) groups excluding carboxylic acids is 2. The van der Waals surface area contributed by atoms with Gasteiger partial charge in [-0.15, -0.1) is 6.58 Å². The van der Waals surface area contributed by atoms with Gasteiger partial charge in [0.05, 0.1) is 13.2 Å². The number of hydrogen-bond donors (Lipinski definition) is 0. The van der Waals surface area contributed by atoms with Crippen LogP contribution in [0.25, 0.3) is 0 Å². The molecule has 0 heterocycles. The zero-order valence-corrected chi connectivity index (χ0v) is 11.6. The SMILES string of the molecule is C=CCC(CC(=C)Cl)(C(=O)OCC)C(=O)OCC. The van der Waals surface area contributed by atoms with Crippen LogP contribution >= 0.6 is 11.6 Å². The van der Waals surface area contributed by atoms with Gasteiger partial charge in [0.1, 0.15) is 0 Å². The molecule has 0 aromatic rings. The average molecular weight is 275 g/mol. The van der Waals surface area contributed by atoms with E-state index in [4.69, 9.17) is 21.1 Å². The largest absolute Gasteiger partial charge is 0.465 e. The van der Waals surface area contributed by atoms with Crippen molar-refractivity contribution in [1.29, 1.82) is 0 Å². The van der Waals surface area contributed by atoms with Crippen LogP contribution in [0.5, 0.6) is 0 Å². The van der Waals surface area contributed by atoms with E-state index in [2.05, 4.69) is 13.2 Å². The Hall–Kier alpha value is -1.29. The number of carbonyl (C=O) groups is 2. The number of esters is 2. The summed E-state index contributed by atoms with van der Waals surface area (Å²) < 4.78 is 9.88. The lowest BCUT2D eigenvalue weighted by atomic mass is 9.81. The van der Waals surface area contributed by atoms with Crippen molar-refractivity contribution in [2.75, 3.05) is 13.2 Å². The lowest BCUT2D eigenvalue weighted by Gasteiger charge is -2.27. The maximum Gasteiger partial charge on any atom is 0.324 e. The highest BCUT2D eigenvalue weighted by Gasteiger charge is 2.48. The van der Waals surface area contributed by atoms with Crippen LogP contribution < -0.4 is 0 Å². The average Bonchev–Trinajstić information content (AvgIpc) is 2.28. The third-order valence-electron chi connectivity index (χ3n) is 2.32. The van der Waals surface area contributed by atoms with E-state index in [-0.39, 0.29) is 31.1 Å². The van der Waals surface area contributed by atoms with Crippen LogP contribution in [0.3, 0.4) is 0 Å². The van der Waals surface area contributed by atoms with E-state index in [0.717, 1.165) is 0 Å². The summed E-state index contributed by atoms with van der Waals surface area (Å²) in [5.74, 6) is -1.32. The second-order valence-electron chi connectivity index (χ2n) is 3.71. The number of allylic oxidation sites excluding steroid dienone is 2. The first-order valence-electron chi connectivity index (χ1n) is 5.73. The monoisotopic (exact) mass is 274 g/mol. The summed E-state index contributed by atoms with van der Waals surface area (Å²) in [5, 5.41) is 0.193. The highest BCUT2D eigenvalue weighted by molar-refractivity contribution is 6.29. The molecule has 0 amide bonds. The molecule has 0 aliphatic rings. The lowest BCUT2D eigenvalue weighted by Crippen LogP contribution is -2.42. The third kappa shape index (κ3) is 4.18. The fraction of sp³-hybridized carbons (Fsp3) is 0.538. The van der Waals surface area contributed by atoms with E-state index in [1.165, 1.54) is 6.08 Å². The van der Waals surface area contributed by atoms with Gasteiger partial charge in [0.25, 0.3) is 0 Å². The minimum Gasteiger partial charge on any atom is -0.465 e. The topological polar surface area (TPSA) is 52.6 Å². The summed E-state index contributed by atoms with van der Waals surface area (Å²) in [5.41, 5.74) is -1.48. The summed E-state index contributed by atoms with van der Waals surface area (Å²) in [7, 11) is 0. The molecule has 5 heteroatoms. The number of ether oxygens (including phenoxy) is 2. The van der Waals surface area contributed by atoms with Crippen LogP contribution in [-0.4, -0.2) is 25.2 Å². The molecule has 0 saturated heterocycles. The van der Waals surface area contributed by atoms with Crippen molar-refractivity contribution in [3.63, 3.8) is 0 Å². The number of rotatable bonds is 8. The van der Waals surface area contributed by atoms with Crippen molar-refractivity contribution >= 4 is 23.5 Å². The van der Waals surface area contributed by atoms with Gasteiger partial charge in [-0.2, -0.15) is 0 Å². The maximum atomic E-state index is 12.0. The second kappa shape index (κ2) is 7.93. The molecule has 18 heavy (non-hydrogen) atoms. The van der Waals surface area contributed by atoms with Crippen LogP contribution in [0.2, 0.25) is 0 Å². The fourth-order valence-electron chi connectivity index (χ4n) is 1.58. The predicted molar refractivity (Wildman–Crippen MR) is 70.1 cm³/mol. The molecule has 0 saturated carbocycles. The summed E-state index contributed by atoms with van der Waals surface area (Å²) in [6.45, 7) is 10.7. The number of hydrogen-bond acceptors (Lipinski definition) is 4. The van der Waals surface area contributed by atoms with Gasteiger partial charge < -0.3 is 9.47 Å². The molecule has 0 bridgehead atoms. The molecule has 0 aromatic heterocycles. The molecule has 4 nitrogen and oxygen atoms in total. The minimum absolute atomic E-state index is 0.0295. The van der Waals surface area contributed by atoms with E-state index in [1.54, 1.807) is 13.8 Å². The van der Waals surface area contributed by atoms with Crippen molar-refractivity contribution in [2.45, 2.75) is 26.7 Å². The van der Waals surface area contributed by atoms with Gasteiger partial charge in [-0.05, 0) is 20.3 Å². The molecule has 0 N–H and O–H groups in total. The van der Waals surface area contributed by atoms with Crippen molar-refractivity contribution in [1.82, 2.24) is 0 Å². The molecule has 0 aliphatic heterocycles. The number of halogens is 1. The zero-order valence-electron chi connectivity index (χ0n) is 10.8. The van der Waals surface area contributed by atoms with E-state index < -0.39 is 17.4 Å². The molecule has 0 rings (SSSR count). The Bertz CT molecular complexity index is 318. The highest BCUT2D eigenvalue weighted by Crippen LogP contribution is 2.35. The molecular weight excluding hydrogens is 256 g/mol. The standard InChI is InChI=1S/C13H19ClO4/c1-5-8-13(9-10(4)14,11(15)17-6-2)12(16)18-7-3/h5H,1,4,6-9H2,2-3H3. The van der Waals surface area contributed by atoms with Crippen LogP contribution in [-0.2, 0) is 19.1 Å². The molecule has 0 radical (unpaired) electrons. The molecule has 0 spiro atoms. The predicted octanol–water partition coefficient (Wildman–Crippen LogP) is 2.82. The first-order chi connectivity index (χ1) is 8.44. The highest BCUT2D eigenvalue weighted by atomic mass is 35.5. The molecule has 0 unspecified atom stereocenters. The Morgan fingerprint density at radius 3 is 1.94 bits per heavy atom. The summed E-state index contributed by atoms with van der Waals surface area (Å²) in [6, 6.07) is 0. The molecule has 0 atom stereocenters. The van der Waals surface area contributed by atoms with E-state index in [0.29, 0.717) is 0 Å². The van der Waals surface area contributed by atoms with Crippen LogP contribution in [0.15, 0.2) is 24.3 Å². The van der Waals surface area contributed by atoms with Crippen LogP contribution in [0.4, 0.5) is 0 Å². The van der Waals surface area contributed by atoms with Crippen molar-refractivity contribution in [2.24, 2.45) is 5.41 Å². The van der Waals surface area contributed by atoms with Gasteiger partial charge in [-0.1, -0.05) is 24.3 Å². The smallest absolute Gasteiger partial charge is 0.324 e. The van der Waals surface area contributed by atoms with Gasteiger partial charge in [0, 0.05) is 11.5 Å². The Labute approximate surface area is 113 Å². The molecule has 0 aromatic carbocycles. The van der Waals surface area contributed by atoms with E-state index >= 15 is 0 Å². The third-order valence-corrected chi connectivity index (χ3v) is 2.45. The van der Waals surface area contributed by atoms with Gasteiger partial charge in [-0.3, -0.25) is 9.59 Å². The second-order valence-corrected chi connectivity index (χ2v) is 4.24. The molecular formula is C13H19ClO4. The Morgan fingerprint density at radius 1 is 1.22 bits per heavy atom. The summed E-state index contributed by atoms with van der Waals surface area (Å²) in [4.78, 5) is 24.1. The van der Waals surface area contributed by atoms with Crippen molar-refractivity contribution in [3.8, 4) is 0 Å². The van der Waals surface area contributed by atoms with Crippen molar-refractivity contribution in [3.05, 3.63) is 24.3 Å². The normalized spacial score (nSPS) is 10.6. The first-order valence-corrected chi connectivity index (χ1v) is 6.11. The Balaban J connectivity index is 5.38. The van der Waals surface area contributed by atoms with E-state index in [9.17, 15) is 9.59 Å². The van der Waals surface area contributed by atoms with Crippen LogP contribution in [0, 0.1) is 5.41 Å². The first kappa shape index (κ1) is 16.7. The molecule has 0 aliphatic carbocycles. The zero-order chi connectivity index (χ0) is 14.2. The Morgan fingerprint density at radius 2 is 1.67 bits per heavy atom. The fourth-order valence-corrected chi connectivity index (χ4v) is 1.81. The minimum atomic E-state index is -1.48.